The summed E-state index contributed by atoms with van der Waals surface area (Å²) in [7, 11) is 1.60. The first kappa shape index (κ1) is 17.1. The molecule has 1 aromatic heterocycles. The average Bonchev–Trinajstić information content (AvgIpc) is 3.48. The number of fused-ring (bicyclic) bond motifs is 1. The molecule has 1 aromatic carbocycles. The standard InChI is InChI=1S/C21H20N2O5/c1-26-14-6-4-13(5-7-14)23-12-21-9-8-16(28-21)17(18(21)20(23)25)19(24)22-11-15-3-2-10-27-15/h2-10,16-18H,11-12H2,1H3,(H,22,24)/t16-,17?,18+,21-/m1/s1. The SMILES string of the molecule is COc1ccc(N2C[C@@]34C=C[C@@H](O3)C(C(=O)NCc3ccco3)[C@H]4C2=O)cc1. The van der Waals surface area contributed by atoms with E-state index in [-0.39, 0.29) is 24.5 Å². The van der Waals surface area contributed by atoms with Crippen molar-refractivity contribution in [1.82, 2.24) is 5.32 Å². The van der Waals surface area contributed by atoms with Crippen molar-refractivity contribution in [2.24, 2.45) is 11.8 Å². The topological polar surface area (TPSA) is 81.0 Å². The van der Waals surface area contributed by atoms with E-state index in [0.29, 0.717) is 12.3 Å². The molecule has 1 spiro atoms. The van der Waals surface area contributed by atoms with E-state index in [2.05, 4.69) is 5.32 Å². The van der Waals surface area contributed by atoms with E-state index in [1.165, 1.54) is 0 Å². The zero-order valence-corrected chi connectivity index (χ0v) is 15.3. The van der Waals surface area contributed by atoms with Crippen molar-refractivity contribution >= 4 is 17.5 Å². The second-order valence-corrected chi connectivity index (χ2v) is 7.32. The molecule has 144 valence electrons. The first-order valence-electron chi connectivity index (χ1n) is 9.24. The van der Waals surface area contributed by atoms with Crippen molar-refractivity contribution in [2.45, 2.75) is 18.2 Å². The third-order valence-corrected chi connectivity index (χ3v) is 5.80. The quantitative estimate of drug-likeness (QED) is 0.802. The zero-order valence-electron chi connectivity index (χ0n) is 15.3. The lowest BCUT2D eigenvalue weighted by Crippen LogP contribution is -2.43. The molecule has 1 N–H and O–H groups in total. The minimum atomic E-state index is -0.742. The molecule has 0 aliphatic carbocycles. The molecule has 2 saturated heterocycles. The number of amides is 2. The lowest BCUT2D eigenvalue weighted by Gasteiger charge is -2.23. The number of furan rings is 1. The highest BCUT2D eigenvalue weighted by Gasteiger charge is 2.67. The van der Waals surface area contributed by atoms with Crippen LogP contribution in [-0.2, 0) is 20.9 Å². The van der Waals surface area contributed by atoms with E-state index in [9.17, 15) is 9.59 Å². The Hall–Kier alpha value is -3.06. The van der Waals surface area contributed by atoms with Gasteiger partial charge < -0.3 is 24.1 Å². The van der Waals surface area contributed by atoms with Crippen LogP contribution in [0.4, 0.5) is 5.69 Å². The lowest BCUT2D eigenvalue weighted by molar-refractivity contribution is -0.132. The maximum Gasteiger partial charge on any atom is 0.234 e. The zero-order chi connectivity index (χ0) is 19.3. The first-order chi connectivity index (χ1) is 13.6. The van der Waals surface area contributed by atoms with Gasteiger partial charge >= 0.3 is 0 Å². The Kier molecular flexibility index (Phi) is 3.80. The Balaban J connectivity index is 1.38. The third kappa shape index (κ3) is 2.46. The van der Waals surface area contributed by atoms with Gasteiger partial charge in [0.2, 0.25) is 11.8 Å². The number of nitrogens with zero attached hydrogens (tertiary/aromatic N) is 1. The molecule has 4 heterocycles. The summed E-state index contributed by atoms with van der Waals surface area (Å²) in [5, 5.41) is 2.88. The van der Waals surface area contributed by atoms with Crippen LogP contribution < -0.4 is 15.0 Å². The number of benzene rings is 1. The van der Waals surface area contributed by atoms with Crippen molar-refractivity contribution < 1.29 is 23.5 Å². The van der Waals surface area contributed by atoms with Crippen molar-refractivity contribution in [1.29, 1.82) is 0 Å². The van der Waals surface area contributed by atoms with Crippen LogP contribution in [0.1, 0.15) is 5.76 Å². The van der Waals surface area contributed by atoms with E-state index in [0.717, 1.165) is 11.4 Å². The first-order valence-corrected chi connectivity index (χ1v) is 9.24. The smallest absolute Gasteiger partial charge is 0.234 e. The Morgan fingerprint density at radius 3 is 2.86 bits per heavy atom. The number of anilines is 1. The fourth-order valence-corrected chi connectivity index (χ4v) is 4.48. The Bertz CT molecular complexity index is 936. The number of carbonyl (C=O) groups is 2. The molecule has 7 nitrogen and oxygen atoms in total. The predicted molar refractivity (Wildman–Crippen MR) is 99.6 cm³/mol. The fraction of sp³-hybridized carbons (Fsp3) is 0.333. The molecule has 2 aromatic rings. The van der Waals surface area contributed by atoms with Gasteiger partial charge in [-0.25, -0.2) is 0 Å². The molecule has 2 bridgehead atoms. The Morgan fingerprint density at radius 1 is 1.32 bits per heavy atom. The van der Waals surface area contributed by atoms with Crippen LogP contribution >= 0.6 is 0 Å². The van der Waals surface area contributed by atoms with Crippen LogP contribution in [0.2, 0.25) is 0 Å². The van der Waals surface area contributed by atoms with Crippen molar-refractivity contribution in [3.05, 3.63) is 60.6 Å². The summed E-state index contributed by atoms with van der Waals surface area (Å²) in [5.41, 5.74) is 0.0266. The van der Waals surface area contributed by atoms with Crippen molar-refractivity contribution in [3.63, 3.8) is 0 Å². The number of rotatable bonds is 5. The van der Waals surface area contributed by atoms with Crippen LogP contribution in [0.3, 0.4) is 0 Å². The summed E-state index contributed by atoms with van der Waals surface area (Å²) in [6.45, 7) is 0.687. The van der Waals surface area contributed by atoms with E-state index >= 15 is 0 Å². The molecule has 0 saturated carbocycles. The van der Waals surface area contributed by atoms with Gasteiger partial charge in [0.25, 0.3) is 0 Å². The van der Waals surface area contributed by atoms with Crippen LogP contribution in [0.5, 0.6) is 5.75 Å². The minimum Gasteiger partial charge on any atom is -0.497 e. The molecule has 28 heavy (non-hydrogen) atoms. The summed E-state index contributed by atoms with van der Waals surface area (Å²) < 4.78 is 16.6. The second-order valence-electron chi connectivity index (χ2n) is 7.32. The van der Waals surface area contributed by atoms with Gasteiger partial charge in [-0.15, -0.1) is 0 Å². The van der Waals surface area contributed by atoms with Crippen LogP contribution in [0.25, 0.3) is 0 Å². The number of hydrogen-bond acceptors (Lipinski definition) is 5. The Labute approximate surface area is 161 Å². The summed E-state index contributed by atoms with van der Waals surface area (Å²) in [6.07, 6.45) is 5.04. The van der Waals surface area contributed by atoms with Crippen LogP contribution in [0.15, 0.2) is 59.2 Å². The molecule has 7 heteroatoms. The lowest BCUT2D eigenvalue weighted by atomic mass is 9.77. The van der Waals surface area contributed by atoms with Gasteiger partial charge in [-0.2, -0.15) is 0 Å². The highest BCUT2D eigenvalue weighted by molar-refractivity contribution is 6.03. The van der Waals surface area contributed by atoms with Gasteiger partial charge in [0, 0.05) is 5.69 Å². The van der Waals surface area contributed by atoms with E-state index in [1.54, 1.807) is 30.4 Å². The highest BCUT2D eigenvalue weighted by Crippen LogP contribution is 2.52. The molecular weight excluding hydrogens is 360 g/mol. The molecule has 2 amide bonds. The van der Waals surface area contributed by atoms with Gasteiger partial charge in [0.1, 0.15) is 17.1 Å². The predicted octanol–water partition coefficient (Wildman–Crippen LogP) is 1.89. The van der Waals surface area contributed by atoms with Crippen LogP contribution in [0, 0.1) is 11.8 Å². The van der Waals surface area contributed by atoms with Gasteiger partial charge in [0.15, 0.2) is 0 Å². The summed E-state index contributed by atoms with van der Waals surface area (Å²) in [6, 6.07) is 10.9. The summed E-state index contributed by atoms with van der Waals surface area (Å²) >= 11 is 0. The molecule has 2 fully saturated rings. The summed E-state index contributed by atoms with van der Waals surface area (Å²) in [5.74, 6) is 0.0379. The van der Waals surface area contributed by atoms with E-state index < -0.39 is 17.4 Å². The molecule has 4 atom stereocenters. The molecular formula is C21H20N2O5. The van der Waals surface area contributed by atoms with E-state index in [4.69, 9.17) is 13.9 Å². The largest absolute Gasteiger partial charge is 0.497 e. The number of ether oxygens (including phenoxy) is 2. The van der Waals surface area contributed by atoms with Gasteiger partial charge in [-0.05, 0) is 36.4 Å². The van der Waals surface area contributed by atoms with E-state index in [1.807, 2.05) is 36.4 Å². The van der Waals surface area contributed by atoms with Gasteiger partial charge in [-0.1, -0.05) is 12.2 Å². The molecule has 3 aliphatic rings. The minimum absolute atomic E-state index is 0.0878. The molecule has 1 unspecified atom stereocenters. The highest BCUT2D eigenvalue weighted by atomic mass is 16.5. The number of carbonyl (C=O) groups excluding carboxylic acids is 2. The number of methoxy groups -OCH3 is 1. The molecule has 5 rings (SSSR count). The number of hydrogen-bond donors (Lipinski definition) is 1. The summed E-state index contributed by atoms with van der Waals surface area (Å²) in [4.78, 5) is 27.8. The maximum atomic E-state index is 13.3. The number of nitrogens with one attached hydrogen (secondary N) is 1. The monoisotopic (exact) mass is 380 g/mol. The second kappa shape index (κ2) is 6.24. The normalized spacial score (nSPS) is 30.0. The third-order valence-electron chi connectivity index (χ3n) is 5.80. The fourth-order valence-electron chi connectivity index (χ4n) is 4.48. The maximum absolute atomic E-state index is 13.3. The average molecular weight is 380 g/mol. The van der Waals surface area contributed by atoms with Crippen molar-refractivity contribution in [3.8, 4) is 5.75 Å². The van der Waals surface area contributed by atoms with Gasteiger partial charge in [0.05, 0.1) is 44.4 Å². The molecule has 0 radical (unpaired) electrons. The Morgan fingerprint density at radius 2 is 2.14 bits per heavy atom. The van der Waals surface area contributed by atoms with Crippen molar-refractivity contribution in [2.75, 3.05) is 18.6 Å². The van der Waals surface area contributed by atoms with Crippen LogP contribution in [-0.4, -0.2) is 37.2 Å². The van der Waals surface area contributed by atoms with Gasteiger partial charge in [-0.3, -0.25) is 9.59 Å². The molecule has 3 aliphatic heterocycles.